The van der Waals surface area contributed by atoms with Crippen molar-refractivity contribution in [2.24, 2.45) is 0 Å². The highest BCUT2D eigenvalue weighted by Gasteiger charge is 2.04. The van der Waals surface area contributed by atoms with Gasteiger partial charge in [-0.1, -0.05) is 29.0 Å². The molecule has 0 saturated heterocycles. The molecule has 1 heterocycles. The van der Waals surface area contributed by atoms with Crippen molar-refractivity contribution >= 4 is 49.7 Å². The van der Waals surface area contributed by atoms with Gasteiger partial charge in [0.15, 0.2) is 5.13 Å². The first kappa shape index (κ1) is 11.3. The first-order chi connectivity index (χ1) is 8.70. The molecule has 3 rings (SSSR count). The maximum Gasteiger partial charge on any atom is 0.188 e. The van der Waals surface area contributed by atoms with Gasteiger partial charge in [-0.15, -0.1) is 0 Å². The van der Waals surface area contributed by atoms with Crippen LogP contribution in [0.3, 0.4) is 0 Å². The van der Waals surface area contributed by atoms with E-state index in [0.29, 0.717) is 5.02 Å². The molecule has 0 fully saturated rings. The van der Waals surface area contributed by atoms with E-state index in [-0.39, 0.29) is 0 Å². The monoisotopic (exact) mass is 275 g/mol. The summed E-state index contributed by atoms with van der Waals surface area (Å²) in [5, 5.41) is 4.77. The highest BCUT2D eigenvalue weighted by Crippen LogP contribution is 2.30. The predicted molar refractivity (Wildman–Crippen MR) is 78.8 cm³/mol. The Morgan fingerprint density at radius 1 is 1.17 bits per heavy atom. The SMILES string of the molecule is Nc1ccc2nc(Nc3cccc(Cl)c3)sc2c1. The van der Waals surface area contributed by atoms with Crippen molar-refractivity contribution in [2.75, 3.05) is 11.1 Å². The number of anilines is 3. The van der Waals surface area contributed by atoms with Crippen LogP contribution in [-0.2, 0) is 0 Å². The molecule has 0 amide bonds. The van der Waals surface area contributed by atoms with Crippen LogP contribution >= 0.6 is 22.9 Å². The maximum absolute atomic E-state index is 5.94. The van der Waals surface area contributed by atoms with Gasteiger partial charge >= 0.3 is 0 Å². The first-order valence-corrected chi connectivity index (χ1v) is 6.59. The van der Waals surface area contributed by atoms with Gasteiger partial charge in [-0.05, 0) is 36.4 Å². The first-order valence-electron chi connectivity index (χ1n) is 5.39. The zero-order chi connectivity index (χ0) is 12.5. The number of halogens is 1. The molecule has 0 aliphatic heterocycles. The van der Waals surface area contributed by atoms with E-state index in [4.69, 9.17) is 17.3 Å². The minimum atomic E-state index is 0.699. The van der Waals surface area contributed by atoms with Crippen LogP contribution in [0, 0.1) is 0 Å². The molecule has 3 N–H and O–H groups in total. The number of aromatic nitrogens is 1. The fourth-order valence-corrected chi connectivity index (χ4v) is 2.81. The third-order valence-corrected chi connectivity index (χ3v) is 3.66. The summed E-state index contributed by atoms with van der Waals surface area (Å²) in [6.07, 6.45) is 0. The predicted octanol–water partition coefficient (Wildman–Crippen LogP) is 4.28. The quantitative estimate of drug-likeness (QED) is 0.687. The number of rotatable bonds is 2. The summed E-state index contributed by atoms with van der Waals surface area (Å²) in [6.45, 7) is 0. The van der Waals surface area contributed by atoms with Crippen LogP contribution < -0.4 is 11.1 Å². The van der Waals surface area contributed by atoms with Crippen LogP contribution in [-0.4, -0.2) is 4.98 Å². The minimum absolute atomic E-state index is 0.699. The number of nitrogen functional groups attached to an aromatic ring is 1. The second kappa shape index (κ2) is 4.48. The minimum Gasteiger partial charge on any atom is -0.399 e. The third kappa shape index (κ3) is 2.25. The van der Waals surface area contributed by atoms with E-state index in [9.17, 15) is 0 Å². The van der Waals surface area contributed by atoms with Crippen molar-refractivity contribution < 1.29 is 0 Å². The lowest BCUT2D eigenvalue weighted by Crippen LogP contribution is -1.88. The summed E-state index contributed by atoms with van der Waals surface area (Å²) in [5.41, 5.74) is 8.37. The van der Waals surface area contributed by atoms with Crippen LogP contribution in [0.4, 0.5) is 16.5 Å². The second-order valence-corrected chi connectivity index (χ2v) is 5.35. The van der Waals surface area contributed by atoms with E-state index in [1.807, 2.05) is 42.5 Å². The topological polar surface area (TPSA) is 50.9 Å². The Balaban J connectivity index is 1.95. The van der Waals surface area contributed by atoms with Gasteiger partial charge in [-0.2, -0.15) is 0 Å². The van der Waals surface area contributed by atoms with Gasteiger partial charge in [0.25, 0.3) is 0 Å². The summed E-state index contributed by atoms with van der Waals surface area (Å²) in [7, 11) is 0. The highest BCUT2D eigenvalue weighted by molar-refractivity contribution is 7.22. The van der Waals surface area contributed by atoms with Crippen LogP contribution in [0.2, 0.25) is 5.02 Å². The van der Waals surface area contributed by atoms with Gasteiger partial charge in [0, 0.05) is 16.4 Å². The summed E-state index contributed by atoms with van der Waals surface area (Å²) in [6, 6.07) is 13.3. The van der Waals surface area contributed by atoms with Gasteiger partial charge in [0.05, 0.1) is 10.2 Å². The number of nitrogens with two attached hydrogens (primary N) is 1. The Morgan fingerprint density at radius 3 is 2.89 bits per heavy atom. The molecule has 0 aliphatic rings. The van der Waals surface area contributed by atoms with E-state index in [1.165, 1.54) is 0 Å². The summed E-state index contributed by atoms with van der Waals surface area (Å²) in [5.74, 6) is 0. The number of fused-ring (bicyclic) bond motifs is 1. The lowest BCUT2D eigenvalue weighted by atomic mass is 10.3. The van der Waals surface area contributed by atoms with Gasteiger partial charge in [0.1, 0.15) is 0 Å². The number of nitrogens with one attached hydrogen (secondary N) is 1. The molecule has 0 bridgehead atoms. The van der Waals surface area contributed by atoms with Gasteiger partial charge in [-0.3, -0.25) is 0 Å². The zero-order valence-electron chi connectivity index (χ0n) is 9.35. The molecule has 18 heavy (non-hydrogen) atoms. The molecule has 1 aromatic heterocycles. The van der Waals surface area contributed by atoms with Gasteiger partial charge in [-0.25, -0.2) is 4.98 Å². The Labute approximate surface area is 113 Å². The lowest BCUT2D eigenvalue weighted by Gasteiger charge is -2.01. The average Bonchev–Trinajstić information content (AvgIpc) is 2.70. The maximum atomic E-state index is 5.94. The van der Waals surface area contributed by atoms with Crippen molar-refractivity contribution in [1.82, 2.24) is 4.98 Å². The number of nitrogens with zero attached hydrogens (tertiary/aromatic N) is 1. The van der Waals surface area contributed by atoms with Crippen molar-refractivity contribution in [3.05, 3.63) is 47.5 Å². The normalized spacial score (nSPS) is 10.7. The Bertz CT molecular complexity index is 708. The van der Waals surface area contributed by atoms with Crippen LogP contribution in [0.25, 0.3) is 10.2 Å². The van der Waals surface area contributed by atoms with Crippen LogP contribution in [0.1, 0.15) is 0 Å². The molecule has 0 aliphatic carbocycles. The van der Waals surface area contributed by atoms with Gasteiger partial charge < -0.3 is 11.1 Å². The molecule has 0 atom stereocenters. The fraction of sp³-hybridized carbons (Fsp3) is 0. The largest absolute Gasteiger partial charge is 0.399 e. The standard InChI is InChI=1S/C13H10ClN3S/c14-8-2-1-3-10(6-8)16-13-17-11-5-4-9(15)7-12(11)18-13/h1-7H,15H2,(H,16,17). The number of hydrogen-bond donors (Lipinski definition) is 2. The number of benzene rings is 2. The molecular weight excluding hydrogens is 266 g/mol. The average molecular weight is 276 g/mol. The molecule has 3 aromatic rings. The van der Waals surface area contributed by atoms with Crippen molar-refractivity contribution in [3.63, 3.8) is 0 Å². The second-order valence-electron chi connectivity index (χ2n) is 3.88. The van der Waals surface area contributed by atoms with Crippen molar-refractivity contribution in [2.45, 2.75) is 0 Å². The number of hydrogen-bond acceptors (Lipinski definition) is 4. The molecule has 0 spiro atoms. The summed E-state index contributed by atoms with van der Waals surface area (Å²) in [4.78, 5) is 4.49. The molecule has 0 unspecified atom stereocenters. The van der Waals surface area contributed by atoms with Crippen LogP contribution in [0.5, 0.6) is 0 Å². The van der Waals surface area contributed by atoms with E-state index in [2.05, 4.69) is 10.3 Å². The summed E-state index contributed by atoms with van der Waals surface area (Å²) < 4.78 is 1.07. The summed E-state index contributed by atoms with van der Waals surface area (Å²) >= 11 is 7.50. The molecule has 90 valence electrons. The van der Waals surface area contributed by atoms with E-state index in [1.54, 1.807) is 11.3 Å². The number of thiazole rings is 1. The Hall–Kier alpha value is -1.78. The molecule has 3 nitrogen and oxygen atoms in total. The zero-order valence-corrected chi connectivity index (χ0v) is 10.9. The smallest absolute Gasteiger partial charge is 0.188 e. The fourth-order valence-electron chi connectivity index (χ4n) is 1.68. The molecule has 0 radical (unpaired) electrons. The Morgan fingerprint density at radius 2 is 2.06 bits per heavy atom. The van der Waals surface area contributed by atoms with E-state index < -0.39 is 0 Å². The van der Waals surface area contributed by atoms with Crippen LogP contribution in [0.15, 0.2) is 42.5 Å². The Kier molecular flexibility index (Phi) is 2.81. The lowest BCUT2D eigenvalue weighted by molar-refractivity contribution is 1.44. The molecule has 2 aromatic carbocycles. The van der Waals surface area contributed by atoms with E-state index in [0.717, 1.165) is 26.7 Å². The molecule has 0 saturated carbocycles. The van der Waals surface area contributed by atoms with Crippen molar-refractivity contribution in [1.29, 1.82) is 0 Å². The molecule has 5 heteroatoms. The third-order valence-electron chi connectivity index (χ3n) is 2.49. The molecular formula is C13H10ClN3S. The van der Waals surface area contributed by atoms with Gasteiger partial charge in [0.2, 0.25) is 0 Å². The van der Waals surface area contributed by atoms with Crippen molar-refractivity contribution in [3.8, 4) is 0 Å². The van der Waals surface area contributed by atoms with E-state index >= 15 is 0 Å². The highest BCUT2D eigenvalue weighted by atomic mass is 35.5.